The Morgan fingerprint density at radius 1 is 1.07 bits per heavy atom. The second kappa shape index (κ2) is 9.11. The number of ether oxygens (including phenoxy) is 1. The molecule has 0 spiro atoms. The first-order valence-electron chi connectivity index (χ1n) is 14.8. The summed E-state index contributed by atoms with van der Waals surface area (Å²) in [6.07, 6.45) is 6.39. The van der Waals surface area contributed by atoms with Crippen LogP contribution in [0.5, 0.6) is 0 Å². The predicted octanol–water partition coefficient (Wildman–Crippen LogP) is 4.59. The maximum Gasteiger partial charge on any atom is 0.254 e. The van der Waals surface area contributed by atoms with E-state index in [1.165, 1.54) is 18.9 Å². The average Bonchev–Trinajstić information content (AvgIpc) is 3.37. The van der Waals surface area contributed by atoms with Gasteiger partial charge < -0.3 is 24.5 Å². The van der Waals surface area contributed by atoms with Gasteiger partial charge in [0, 0.05) is 68.0 Å². The summed E-state index contributed by atoms with van der Waals surface area (Å²) in [4.78, 5) is 25.4. The van der Waals surface area contributed by atoms with Crippen molar-refractivity contribution in [2.24, 2.45) is 24.6 Å². The first-order valence-corrected chi connectivity index (χ1v) is 14.8. The Morgan fingerprint density at radius 2 is 1.90 bits per heavy atom. The van der Waals surface area contributed by atoms with Crippen LogP contribution in [0.25, 0.3) is 33.6 Å². The van der Waals surface area contributed by atoms with Gasteiger partial charge in [-0.25, -0.2) is 14.4 Å². The van der Waals surface area contributed by atoms with Crippen LogP contribution in [-0.2, 0) is 18.3 Å². The molecule has 0 radical (unpaired) electrons. The van der Waals surface area contributed by atoms with Crippen LogP contribution in [0.4, 0.5) is 4.39 Å². The van der Waals surface area contributed by atoms with Crippen LogP contribution in [0.2, 0.25) is 0 Å². The molecule has 40 heavy (non-hydrogen) atoms. The number of fused-ring (bicyclic) bond motifs is 4. The summed E-state index contributed by atoms with van der Waals surface area (Å²) in [5.41, 5.74) is 10.6. The number of benzene rings is 1. The van der Waals surface area contributed by atoms with Gasteiger partial charge in [-0.2, -0.15) is 0 Å². The van der Waals surface area contributed by atoms with Crippen molar-refractivity contribution in [2.45, 2.75) is 63.1 Å². The number of aromatic nitrogens is 4. The molecule has 5 heterocycles. The molecule has 4 fully saturated rings. The minimum Gasteiger partial charge on any atom is -0.381 e. The van der Waals surface area contributed by atoms with Gasteiger partial charge in [0.15, 0.2) is 5.82 Å². The highest BCUT2D eigenvalue weighted by molar-refractivity contribution is 5.98. The van der Waals surface area contributed by atoms with Gasteiger partial charge in [0.25, 0.3) is 5.91 Å². The molecule has 1 aromatic carbocycles. The van der Waals surface area contributed by atoms with E-state index < -0.39 is 5.82 Å². The van der Waals surface area contributed by atoms with E-state index in [-0.39, 0.29) is 18.0 Å². The lowest BCUT2D eigenvalue weighted by atomic mass is 9.96. The average molecular weight is 543 g/mol. The van der Waals surface area contributed by atoms with Gasteiger partial charge in [-0.3, -0.25) is 4.79 Å². The van der Waals surface area contributed by atoms with E-state index in [1.807, 2.05) is 16.5 Å². The number of hydrogen-bond donors (Lipinski definition) is 1. The van der Waals surface area contributed by atoms with Crippen LogP contribution >= 0.6 is 0 Å². The molecule has 0 unspecified atom stereocenters. The van der Waals surface area contributed by atoms with Crippen LogP contribution in [0.3, 0.4) is 0 Å². The monoisotopic (exact) mass is 542 g/mol. The third kappa shape index (κ3) is 3.81. The summed E-state index contributed by atoms with van der Waals surface area (Å²) < 4.78 is 25.3. The van der Waals surface area contributed by atoms with Crippen LogP contribution in [-0.4, -0.2) is 61.8 Å². The van der Waals surface area contributed by atoms with Crippen LogP contribution in [0.1, 0.15) is 60.5 Å². The summed E-state index contributed by atoms with van der Waals surface area (Å²) in [6.45, 7) is 3.08. The van der Waals surface area contributed by atoms with Gasteiger partial charge in [0.05, 0.1) is 11.2 Å². The predicted molar refractivity (Wildman–Crippen MR) is 150 cm³/mol. The number of carbonyl (C=O) groups is 1. The van der Waals surface area contributed by atoms with E-state index in [4.69, 9.17) is 20.4 Å². The summed E-state index contributed by atoms with van der Waals surface area (Å²) in [5.74, 6) is 1.49. The number of carbonyl (C=O) groups excluding carboxylic acids is 1. The number of likely N-dealkylation sites (tertiary alicyclic amines) is 1. The minimum atomic E-state index is -0.430. The minimum absolute atomic E-state index is 0.0212. The summed E-state index contributed by atoms with van der Waals surface area (Å²) >= 11 is 0. The lowest BCUT2D eigenvalue weighted by molar-refractivity contribution is 0.0700. The van der Waals surface area contributed by atoms with Crippen LogP contribution < -0.4 is 5.73 Å². The fourth-order valence-corrected chi connectivity index (χ4v) is 7.39. The standard InChI is InChI=1S/C31H35FN6O2/c1-36-28-22(32)12-21(31(39)38-16-20-5-7-25(38)27(20)33)13-24(28)35-30(36)26-14-19-4-6-23(18-8-10-40-11-9-18)34-29(19)37(26)15-17-2-3-17/h4,6,12-14,17-18,20,25,27H,2-3,5,7-11,15-16,33H2,1H3/t20-,25-,27-/m1/s1. The second-order valence-electron chi connectivity index (χ2n) is 12.4. The third-order valence-electron chi connectivity index (χ3n) is 9.86. The van der Waals surface area contributed by atoms with Gasteiger partial charge in [-0.05, 0) is 80.7 Å². The molecule has 2 saturated heterocycles. The summed E-state index contributed by atoms with van der Waals surface area (Å²) in [7, 11) is 1.85. The number of halogens is 1. The molecule has 3 aromatic heterocycles. The summed E-state index contributed by atoms with van der Waals surface area (Å²) in [6, 6.07) is 9.62. The number of amides is 1. The van der Waals surface area contributed by atoms with Crippen molar-refractivity contribution >= 4 is 28.0 Å². The Morgan fingerprint density at radius 3 is 2.62 bits per heavy atom. The summed E-state index contributed by atoms with van der Waals surface area (Å²) in [5, 5.41) is 1.07. The zero-order chi connectivity index (χ0) is 27.1. The first-order chi connectivity index (χ1) is 19.5. The molecule has 9 heteroatoms. The smallest absolute Gasteiger partial charge is 0.254 e. The Balaban J connectivity index is 1.21. The van der Waals surface area contributed by atoms with E-state index in [0.29, 0.717) is 46.7 Å². The number of nitrogens with two attached hydrogens (primary N) is 1. The fourth-order valence-electron chi connectivity index (χ4n) is 7.39. The number of piperidine rings is 1. The number of aryl methyl sites for hydroxylation is 1. The molecule has 4 aliphatic rings. The Hall–Kier alpha value is -3.30. The maximum absolute atomic E-state index is 15.6. The molecular weight excluding hydrogens is 507 g/mol. The molecular formula is C31H35FN6O2. The molecule has 2 aliphatic carbocycles. The van der Waals surface area contributed by atoms with Crippen molar-refractivity contribution in [2.75, 3.05) is 19.8 Å². The Kier molecular flexibility index (Phi) is 5.58. The number of imidazole rings is 1. The molecule has 2 N–H and O–H groups in total. The van der Waals surface area contributed by atoms with E-state index in [2.05, 4.69) is 22.8 Å². The van der Waals surface area contributed by atoms with Crippen molar-refractivity contribution < 1.29 is 13.9 Å². The fraction of sp³-hybridized carbons (Fsp3) is 0.516. The quantitative estimate of drug-likeness (QED) is 0.398. The van der Waals surface area contributed by atoms with E-state index in [1.54, 1.807) is 6.07 Å². The molecule has 2 bridgehead atoms. The van der Waals surface area contributed by atoms with Crippen molar-refractivity contribution in [1.82, 2.24) is 24.0 Å². The molecule has 2 saturated carbocycles. The van der Waals surface area contributed by atoms with Crippen LogP contribution in [0, 0.1) is 17.7 Å². The van der Waals surface area contributed by atoms with Crippen molar-refractivity contribution in [3.05, 3.63) is 47.4 Å². The Labute approximate surface area is 232 Å². The lowest BCUT2D eigenvalue weighted by Crippen LogP contribution is -2.41. The SMILES string of the molecule is Cn1c(-c2cc3ccc(C4CCOCC4)nc3n2CC2CC2)nc2cc(C(=O)N3C[C@H]4CC[C@@H]3[C@@H]4N)cc(F)c21. The van der Waals surface area contributed by atoms with E-state index in [0.717, 1.165) is 67.9 Å². The molecule has 4 aromatic rings. The van der Waals surface area contributed by atoms with Crippen LogP contribution in [0.15, 0.2) is 30.3 Å². The lowest BCUT2D eigenvalue weighted by Gasteiger charge is -2.27. The van der Waals surface area contributed by atoms with Gasteiger partial charge in [0.2, 0.25) is 0 Å². The highest BCUT2D eigenvalue weighted by atomic mass is 19.1. The Bertz CT molecular complexity index is 1650. The molecule has 8 rings (SSSR count). The highest BCUT2D eigenvalue weighted by Gasteiger charge is 2.47. The van der Waals surface area contributed by atoms with Crippen molar-refractivity contribution in [3.8, 4) is 11.5 Å². The second-order valence-corrected chi connectivity index (χ2v) is 12.4. The van der Waals surface area contributed by atoms with Gasteiger partial charge in [-0.15, -0.1) is 0 Å². The van der Waals surface area contributed by atoms with Crippen molar-refractivity contribution in [3.63, 3.8) is 0 Å². The molecule has 2 aliphatic heterocycles. The maximum atomic E-state index is 15.6. The normalized spacial score (nSPS) is 25.1. The zero-order valence-corrected chi connectivity index (χ0v) is 22.9. The largest absolute Gasteiger partial charge is 0.381 e. The molecule has 208 valence electrons. The zero-order valence-electron chi connectivity index (χ0n) is 22.9. The first kappa shape index (κ1) is 24.5. The molecule has 1 amide bonds. The van der Waals surface area contributed by atoms with Gasteiger partial charge in [-0.1, -0.05) is 0 Å². The van der Waals surface area contributed by atoms with Gasteiger partial charge >= 0.3 is 0 Å². The highest BCUT2D eigenvalue weighted by Crippen LogP contribution is 2.39. The van der Waals surface area contributed by atoms with E-state index in [9.17, 15) is 4.79 Å². The third-order valence-corrected chi connectivity index (χ3v) is 9.86. The number of hydrogen-bond acceptors (Lipinski definition) is 5. The molecule has 3 atom stereocenters. The topological polar surface area (TPSA) is 91.2 Å². The van der Waals surface area contributed by atoms with Gasteiger partial charge in [0.1, 0.15) is 17.0 Å². The van der Waals surface area contributed by atoms with Crippen molar-refractivity contribution in [1.29, 1.82) is 0 Å². The number of nitrogens with zero attached hydrogens (tertiary/aromatic N) is 5. The molecule has 8 nitrogen and oxygen atoms in total. The number of pyridine rings is 1. The van der Waals surface area contributed by atoms with E-state index >= 15 is 4.39 Å². The number of rotatable bonds is 5.